The van der Waals surface area contributed by atoms with Crippen LogP contribution in [0, 0.1) is 24.0 Å². The zero-order valence-electron chi connectivity index (χ0n) is 15.0. The molecule has 0 aliphatic carbocycles. The number of hydrogen-bond donors (Lipinski definition) is 1. The molecule has 9 nitrogen and oxygen atoms in total. The zero-order chi connectivity index (χ0) is 18.7. The maximum Gasteiger partial charge on any atom is 0.312 e. The van der Waals surface area contributed by atoms with Crippen molar-refractivity contribution >= 4 is 11.6 Å². The van der Waals surface area contributed by atoms with Crippen molar-refractivity contribution in [3.05, 3.63) is 45.7 Å². The van der Waals surface area contributed by atoms with Crippen LogP contribution in [0.1, 0.15) is 36.0 Å². The van der Waals surface area contributed by atoms with Crippen LogP contribution in [0.2, 0.25) is 0 Å². The lowest BCUT2D eigenvalue weighted by molar-refractivity contribution is -0.386. The summed E-state index contributed by atoms with van der Waals surface area (Å²) in [6, 6.07) is 3.75. The number of aromatic nitrogens is 2. The molecular formula is C17H23N5O4. The van der Waals surface area contributed by atoms with Crippen LogP contribution in [0.5, 0.6) is 0 Å². The van der Waals surface area contributed by atoms with E-state index in [9.17, 15) is 14.9 Å². The molecule has 2 aromatic rings. The summed E-state index contributed by atoms with van der Waals surface area (Å²) in [6.45, 7) is 5.50. The van der Waals surface area contributed by atoms with Crippen LogP contribution in [0.3, 0.4) is 0 Å². The first-order valence-electron chi connectivity index (χ1n) is 8.70. The number of aryl methyl sites for hydroxylation is 1. The number of amides is 1. The van der Waals surface area contributed by atoms with Crippen molar-refractivity contribution in [3.63, 3.8) is 0 Å². The average molecular weight is 361 g/mol. The molecular weight excluding hydrogens is 338 g/mol. The molecule has 3 rings (SSSR count). The Kier molecular flexibility index (Phi) is 5.36. The Balaban J connectivity index is 1.64. The van der Waals surface area contributed by atoms with Gasteiger partial charge in [0.05, 0.1) is 17.2 Å². The van der Waals surface area contributed by atoms with Crippen LogP contribution in [-0.2, 0) is 11.3 Å². The molecule has 3 heterocycles. The number of carbonyl (C=O) groups is 1. The zero-order valence-corrected chi connectivity index (χ0v) is 15.0. The lowest BCUT2D eigenvalue weighted by Gasteiger charge is -2.26. The topological polar surface area (TPSA) is 106 Å². The van der Waals surface area contributed by atoms with E-state index < -0.39 is 4.92 Å². The minimum Gasteiger partial charge on any atom is -0.468 e. The number of hydrogen-bond acceptors (Lipinski definition) is 6. The largest absolute Gasteiger partial charge is 0.468 e. The van der Waals surface area contributed by atoms with E-state index in [-0.39, 0.29) is 24.2 Å². The number of nitrogens with one attached hydrogen (secondary N) is 1. The normalized spacial score (nSPS) is 15.9. The summed E-state index contributed by atoms with van der Waals surface area (Å²) in [5.41, 5.74) is 0.652. The first-order chi connectivity index (χ1) is 12.5. The molecule has 1 atom stereocenters. The summed E-state index contributed by atoms with van der Waals surface area (Å²) in [5.74, 6) is 0.593. The van der Waals surface area contributed by atoms with Crippen LogP contribution < -0.4 is 5.32 Å². The first-order valence-corrected chi connectivity index (χ1v) is 8.70. The predicted octanol–water partition coefficient (Wildman–Crippen LogP) is 1.95. The van der Waals surface area contributed by atoms with E-state index in [4.69, 9.17) is 4.42 Å². The minimum atomic E-state index is -0.466. The van der Waals surface area contributed by atoms with E-state index in [1.165, 1.54) is 4.68 Å². The summed E-state index contributed by atoms with van der Waals surface area (Å²) in [6.07, 6.45) is 3.91. The van der Waals surface area contributed by atoms with E-state index in [2.05, 4.69) is 15.3 Å². The third kappa shape index (κ3) is 3.77. The SMILES string of the molecule is Cc1nn(CC(=O)NCC(c2ccco2)N2CCCC2)c(C)c1[N+](=O)[O-]. The molecule has 0 bridgehead atoms. The van der Waals surface area contributed by atoms with Gasteiger partial charge in [0.25, 0.3) is 0 Å². The molecule has 0 aromatic carbocycles. The number of likely N-dealkylation sites (tertiary alicyclic amines) is 1. The highest BCUT2D eigenvalue weighted by Gasteiger charge is 2.27. The fourth-order valence-corrected chi connectivity index (χ4v) is 3.45. The molecule has 0 saturated carbocycles. The Morgan fingerprint density at radius 1 is 1.42 bits per heavy atom. The summed E-state index contributed by atoms with van der Waals surface area (Å²) in [4.78, 5) is 25.3. The fourth-order valence-electron chi connectivity index (χ4n) is 3.45. The Labute approximate surface area is 151 Å². The highest BCUT2D eigenvalue weighted by molar-refractivity contribution is 5.75. The van der Waals surface area contributed by atoms with Gasteiger partial charge in [0.15, 0.2) is 0 Å². The van der Waals surface area contributed by atoms with Gasteiger partial charge in [-0.2, -0.15) is 5.10 Å². The Hall–Kier alpha value is -2.68. The van der Waals surface area contributed by atoms with E-state index in [0.717, 1.165) is 31.7 Å². The molecule has 2 aromatic heterocycles. The molecule has 9 heteroatoms. The molecule has 1 N–H and O–H groups in total. The number of rotatable bonds is 7. The maximum absolute atomic E-state index is 12.4. The first kappa shape index (κ1) is 18.1. The van der Waals surface area contributed by atoms with Gasteiger partial charge in [0.2, 0.25) is 5.91 Å². The van der Waals surface area contributed by atoms with Crippen molar-refractivity contribution in [2.24, 2.45) is 0 Å². The average Bonchev–Trinajstić information content (AvgIpc) is 3.31. The van der Waals surface area contributed by atoms with Crippen molar-refractivity contribution in [1.29, 1.82) is 0 Å². The number of carbonyl (C=O) groups excluding carboxylic acids is 1. The third-order valence-electron chi connectivity index (χ3n) is 4.76. The van der Waals surface area contributed by atoms with Crippen LogP contribution in [-0.4, -0.2) is 45.1 Å². The van der Waals surface area contributed by atoms with E-state index in [1.807, 2.05) is 12.1 Å². The smallest absolute Gasteiger partial charge is 0.312 e. The van der Waals surface area contributed by atoms with Crippen molar-refractivity contribution in [1.82, 2.24) is 20.0 Å². The van der Waals surface area contributed by atoms with Gasteiger partial charge in [-0.05, 0) is 51.9 Å². The molecule has 1 amide bonds. The Morgan fingerprint density at radius 3 is 2.73 bits per heavy atom. The van der Waals surface area contributed by atoms with Gasteiger partial charge >= 0.3 is 5.69 Å². The molecule has 0 radical (unpaired) electrons. The highest BCUT2D eigenvalue weighted by atomic mass is 16.6. The van der Waals surface area contributed by atoms with Crippen molar-refractivity contribution in [2.45, 2.75) is 39.3 Å². The van der Waals surface area contributed by atoms with Crippen molar-refractivity contribution in [3.8, 4) is 0 Å². The van der Waals surface area contributed by atoms with E-state index >= 15 is 0 Å². The molecule has 0 spiro atoms. The fraction of sp³-hybridized carbons (Fsp3) is 0.529. The van der Waals surface area contributed by atoms with Crippen LogP contribution in [0.25, 0.3) is 0 Å². The minimum absolute atomic E-state index is 0.00811. The predicted molar refractivity (Wildman–Crippen MR) is 93.6 cm³/mol. The molecule has 1 unspecified atom stereocenters. The summed E-state index contributed by atoms with van der Waals surface area (Å²) >= 11 is 0. The summed E-state index contributed by atoms with van der Waals surface area (Å²) < 4.78 is 6.91. The highest BCUT2D eigenvalue weighted by Crippen LogP contribution is 2.25. The Morgan fingerprint density at radius 2 is 2.15 bits per heavy atom. The molecule has 1 fully saturated rings. The number of furan rings is 1. The van der Waals surface area contributed by atoms with Crippen molar-refractivity contribution in [2.75, 3.05) is 19.6 Å². The Bertz CT molecular complexity index is 777. The molecule has 1 saturated heterocycles. The van der Waals surface area contributed by atoms with Crippen LogP contribution in [0.15, 0.2) is 22.8 Å². The van der Waals surface area contributed by atoms with Gasteiger partial charge < -0.3 is 9.73 Å². The van der Waals surface area contributed by atoms with Gasteiger partial charge in [-0.3, -0.25) is 24.5 Å². The molecule has 26 heavy (non-hydrogen) atoms. The number of nitro groups is 1. The van der Waals surface area contributed by atoms with Gasteiger partial charge in [-0.1, -0.05) is 0 Å². The second-order valence-electron chi connectivity index (χ2n) is 6.51. The second-order valence-corrected chi connectivity index (χ2v) is 6.51. The van der Waals surface area contributed by atoms with E-state index in [0.29, 0.717) is 17.9 Å². The van der Waals surface area contributed by atoms with Crippen LogP contribution >= 0.6 is 0 Å². The molecule has 1 aliphatic heterocycles. The van der Waals surface area contributed by atoms with Gasteiger partial charge in [-0.25, -0.2) is 0 Å². The van der Waals surface area contributed by atoms with E-state index in [1.54, 1.807) is 20.1 Å². The molecule has 1 aliphatic rings. The quantitative estimate of drug-likeness (QED) is 0.597. The molecule has 140 valence electrons. The lowest BCUT2D eigenvalue weighted by Crippen LogP contribution is -2.38. The monoisotopic (exact) mass is 361 g/mol. The number of nitrogens with zero attached hydrogens (tertiary/aromatic N) is 4. The second kappa shape index (κ2) is 7.69. The van der Waals surface area contributed by atoms with Gasteiger partial charge in [0, 0.05) is 6.54 Å². The lowest BCUT2D eigenvalue weighted by atomic mass is 10.2. The summed E-state index contributed by atoms with van der Waals surface area (Å²) in [5, 5.41) is 18.1. The van der Waals surface area contributed by atoms with Crippen LogP contribution in [0.4, 0.5) is 5.69 Å². The third-order valence-corrected chi connectivity index (χ3v) is 4.76. The standard InChI is InChI=1S/C17H23N5O4/c1-12-17(22(24)25)13(2)21(19-12)11-16(23)18-10-14(15-6-5-9-26-15)20-7-3-4-8-20/h5-6,9,14H,3-4,7-8,10-11H2,1-2H3,(H,18,23). The van der Waals surface area contributed by atoms with Gasteiger partial charge in [-0.15, -0.1) is 0 Å². The van der Waals surface area contributed by atoms with Gasteiger partial charge in [0.1, 0.15) is 23.7 Å². The van der Waals surface area contributed by atoms with Crippen molar-refractivity contribution < 1.29 is 14.1 Å². The summed E-state index contributed by atoms with van der Waals surface area (Å²) in [7, 11) is 0. The maximum atomic E-state index is 12.4.